The summed E-state index contributed by atoms with van der Waals surface area (Å²) >= 11 is 5.87. The lowest BCUT2D eigenvalue weighted by Gasteiger charge is -2.22. The molecule has 0 aliphatic heterocycles. The van der Waals surface area contributed by atoms with Gasteiger partial charge in [-0.3, -0.25) is 0 Å². The van der Waals surface area contributed by atoms with Crippen LogP contribution in [0.15, 0.2) is 18.2 Å². The highest BCUT2D eigenvalue weighted by atomic mass is 35.5. The summed E-state index contributed by atoms with van der Waals surface area (Å²) in [6, 6.07) is 5.01. The van der Waals surface area contributed by atoms with Crippen molar-refractivity contribution < 1.29 is 4.39 Å². The Kier molecular flexibility index (Phi) is 5.23. The van der Waals surface area contributed by atoms with Crippen molar-refractivity contribution >= 4 is 11.6 Å². The Labute approximate surface area is 102 Å². The molecule has 0 aliphatic carbocycles. The molecule has 1 aromatic carbocycles. The lowest BCUT2D eigenvalue weighted by Crippen LogP contribution is -2.35. The van der Waals surface area contributed by atoms with Crippen molar-refractivity contribution in [2.75, 3.05) is 6.54 Å². The fraction of sp³-hybridized carbons (Fsp3) is 0.538. The van der Waals surface area contributed by atoms with E-state index in [0.29, 0.717) is 22.9 Å². The average Bonchev–Trinajstić information content (AvgIpc) is 2.22. The molecule has 0 aromatic heterocycles. The van der Waals surface area contributed by atoms with Gasteiger partial charge < -0.3 is 5.32 Å². The third-order valence-electron chi connectivity index (χ3n) is 2.72. The summed E-state index contributed by atoms with van der Waals surface area (Å²) < 4.78 is 13.5. The lowest BCUT2D eigenvalue weighted by molar-refractivity contribution is 0.400. The van der Waals surface area contributed by atoms with Gasteiger partial charge in [-0.2, -0.15) is 0 Å². The molecule has 0 fully saturated rings. The van der Waals surface area contributed by atoms with Crippen LogP contribution in [0.2, 0.25) is 5.02 Å². The van der Waals surface area contributed by atoms with Crippen molar-refractivity contribution in [1.29, 1.82) is 0 Å². The van der Waals surface area contributed by atoms with E-state index in [1.807, 2.05) is 0 Å². The number of benzene rings is 1. The molecule has 1 aromatic rings. The number of hydrogen-bond donors (Lipinski definition) is 1. The van der Waals surface area contributed by atoms with Crippen LogP contribution in [0.3, 0.4) is 0 Å². The first-order valence-corrected chi connectivity index (χ1v) is 6.09. The fourth-order valence-corrected chi connectivity index (χ4v) is 1.94. The van der Waals surface area contributed by atoms with Crippen LogP contribution in [-0.4, -0.2) is 12.6 Å². The molecular formula is C13H19ClFN. The summed E-state index contributed by atoms with van der Waals surface area (Å²) in [7, 11) is 0. The van der Waals surface area contributed by atoms with Gasteiger partial charge in [-0.25, -0.2) is 4.39 Å². The third-order valence-corrected chi connectivity index (χ3v) is 2.95. The number of halogens is 2. The van der Waals surface area contributed by atoms with E-state index in [9.17, 15) is 4.39 Å². The summed E-state index contributed by atoms with van der Waals surface area (Å²) in [4.78, 5) is 0. The first-order valence-electron chi connectivity index (χ1n) is 5.72. The minimum absolute atomic E-state index is 0.173. The molecule has 0 radical (unpaired) electrons. The van der Waals surface area contributed by atoms with Gasteiger partial charge in [0.25, 0.3) is 0 Å². The van der Waals surface area contributed by atoms with Crippen molar-refractivity contribution in [3.8, 4) is 0 Å². The molecule has 1 N–H and O–H groups in total. The van der Waals surface area contributed by atoms with E-state index in [2.05, 4.69) is 26.1 Å². The van der Waals surface area contributed by atoms with Gasteiger partial charge in [-0.15, -0.1) is 0 Å². The van der Waals surface area contributed by atoms with Gasteiger partial charge in [0.15, 0.2) is 0 Å². The Hall–Kier alpha value is -0.600. The van der Waals surface area contributed by atoms with Crippen molar-refractivity contribution in [2.24, 2.45) is 5.92 Å². The van der Waals surface area contributed by atoms with Crippen LogP contribution in [0, 0.1) is 11.7 Å². The minimum atomic E-state index is -0.173. The van der Waals surface area contributed by atoms with Crippen molar-refractivity contribution in [1.82, 2.24) is 5.32 Å². The number of likely N-dealkylation sites (N-methyl/N-ethyl adjacent to an activating group) is 1. The van der Waals surface area contributed by atoms with Crippen LogP contribution < -0.4 is 5.32 Å². The summed E-state index contributed by atoms with van der Waals surface area (Å²) in [5.41, 5.74) is 0.687. The Morgan fingerprint density at radius 1 is 1.38 bits per heavy atom. The fourth-order valence-electron chi connectivity index (χ4n) is 1.74. The van der Waals surface area contributed by atoms with Gasteiger partial charge in [0.1, 0.15) is 5.82 Å². The van der Waals surface area contributed by atoms with Gasteiger partial charge in [-0.05, 0) is 42.6 Å². The topological polar surface area (TPSA) is 12.0 Å². The van der Waals surface area contributed by atoms with Crippen LogP contribution in [0.4, 0.5) is 4.39 Å². The highest BCUT2D eigenvalue weighted by Gasteiger charge is 2.15. The van der Waals surface area contributed by atoms with Crippen molar-refractivity contribution in [3.63, 3.8) is 0 Å². The SMILES string of the molecule is CCNC(Cc1cc(Cl)ccc1F)C(C)C. The van der Waals surface area contributed by atoms with Crippen molar-refractivity contribution in [2.45, 2.75) is 33.2 Å². The zero-order valence-electron chi connectivity index (χ0n) is 10.1. The maximum atomic E-state index is 13.5. The molecule has 1 nitrogen and oxygen atoms in total. The Morgan fingerprint density at radius 3 is 2.62 bits per heavy atom. The summed E-state index contributed by atoms with van der Waals surface area (Å²) in [5.74, 6) is 0.297. The predicted molar refractivity (Wildman–Crippen MR) is 67.4 cm³/mol. The molecule has 0 saturated heterocycles. The van der Waals surface area contributed by atoms with Crippen LogP contribution in [0.25, 0.3) is 0 Å². The van der Waals surface area contributed by atoms with Crippen LogP contribution in [-0.2, 0) is 6.42 Å². The highest BCUT2D eigenvalue weighted by molar-refractivity contribution is 6.30. The Bertz CT molecular complexity index is 339. The first kappa shape index (κ1) is 13.5. The lowest BCUT2D eigenvalue weighted by atomic mass is 9.96. The molecule has 0 aliphatic rings. The van der Waals surface area contributed by atoms with Crippen LogP contribution >= 0.6 is 11.6 Å². The molecule has 16 heavy (non-hydrogen) atoms. The van der Waals surface area contributed by atoms with Crippen LogP contribution in [0.5, 0.6) is 0 Å². The maximum absolute atomic E-state index is 13.5. The van der Waals surface area contributed by atoms with Gasteiger partial charge in [-0.1, -0.05) is 32.4 Å². The molecule has 1 unspecified atom stereocenters. The summed E-state index contributed by atoms with van der Waals surface area (Å²) in [5, 5.41) is 3.96. The van der Waals surface area contributed by atoms with Gasteiger partial charge >= 0.3 is 0 Å². The molecule has 0 saturated carbocycles. The standard InChI is InChI=1S/C13H19ClFN/c1-4-16-13(9(2)3)8-10-7-11(14)5-6-12(10)15/h5-7,9,13,16H,4,8H2,1-3H3. The quantitative estimate of drug-likeness (QED) is 0.832. The van der Waals surface area contributed by atoms with Crippen LogP contribution in [0.1, 0.15) is 26.3 Å². The van der Waals surface area contributed by atoms with Gasteiger partial charge in [0.2, 0.25) is 0 Å². The Balaban J connectivity index is 2.80. The van der Waals surface area contributed by atoms with Crippen molar-refractivity contribution in [3.05, 3.63) is 34.6 Å². The largest absolute Gasteiger partial charge is 0.314 e. The second-order valence-corrected chi connectivity index (χ2v) is 4.78. The molecule has 0 spiro atoms. The molecule has 90 valence electrons. The normalized spacial score (nSPS) is 13.1. The van der Waals surface area contributed by atoms with Gasteiger partial charge in [0, 0.05) is 11.1 Å². The van der Waals surface area contributed by atoms with E-state index in [1.54, 1.807) is 12.1 Å². The number of rotatable bonds is 5. The molecular weight excluding hydrogens is 225 g/mol. The second-order valence-electron chi connectivity index (χ2n) is 4.35. The molecule has 1 atom stereocenters. The molecule has 0 bridgehead atoms. The Morgan fingerprint density at radius 2 is 2.06 bits per heavy atom. The monoisotopic (exact) mass is 243 g/mol. The smallest absolute Gasteiger partial charge is 0.126 e. The van der Waals surface area contributed by atoms with E-state index in [4.69, 9.17) is 11.6 Å². The maximum Gasteiger partial charge on any atom is 0.126 e. The summed E-state index contributed by atoms with van der Waals surface area (Å²) in [6.07, 6.45) is 0.678. The highest BCUT2D eigenvalue weighted by Crippen LogP contribution is 2.18. The van der Waals surface area contributed by atoms with E-state index in [0.717, 1.165) is 6.54 Å². The van der Waals surface area contributed by atoms with E-state index in [-0.39, 0.29) is 11.9 Å². The number of hydrogen-bond acceptors (Lipinski definition) is 1. The predicted octanol–water partition coefficient (Wildman–Crippen LogP) is 3.66. The average molecular weight is 244 g/mol. The third kappa shape index (κ3) is 3.76. The zero-order valence-corrected chi connectivity index (χ0v) is 10.8. The first-order chi connectivity index (χ1) is 7.54. The molecule has 3 heteroatoms. The number of nitrogens with one attached hydrogen (secondary N) is 1. The van der Waals surface area contributed by atoms with Gasteiger partial charge in [0.05, 0.1) is 0 Å². The molecule has 0 heterocycles. The summed E-state index contributed by atoms with van der Waals surface area (Å²) in [6.45, 7) is 7.22. The molecule has 0 amide bonds. The van der Waals surface area contributed by atoms with E-state index in [1.165, 1.54) is 6.07 Å². The minimum Gasteiger partial charge on any atom is -0.314 e. The zero-order chi connectivity index (χ0) is 12.1. The van der Waals surface area contributed by atoms with E-state index < -0.39 is 0 Å². The second kappa shape index (κ2) is 6.21. The van der Waals surface area contributed by atoms with E-state index >= 15 is 0 Å². The molecule has 1 rings (SSSR count).